The van der Waals surface area contributed by atoms with Crippen molar-refractivity contribution in [1.82, 2.24) is 9.55 Å². The minimum Gasteiger partial charge on any atom is -0.342 e. The summed E-state index contributed by atoms with van der Waals surface area (Å²) in [6.07, 6.45) is 3.67. The smallest absolute Gasteiger partial charge is 0.269 e. The lowest BCUT2D eigenvalue weighted by atomic mass is 10.2. The first kappa shape index (κ1) is 19.2. The molecule has 0 atom stereocenters. The van der Waals surface area contributed by atoms with Crippen LogP contribution >= 0.6 is 23.1 Å². The molecule has 0 aliphatic rings. The average Bonchev–Trinajstić information content (AvgIpc) is 3.35. The molecule has 0 saturated carbocycles. The van der Waals surface area contributed by atoms with Crippen molar-refractivity contribution in [3.8, 4) is 0 Å². The maximum atomic E-state index is 12.2. The van der Waals surface area contributed by atoms with E-state index in [2.05, 4.69) is 14.9 Å². The van der Waals surface area contributed by atoms with Crippen LogP contribution in [0.25, 0.3) is 10.9 Å². The number of nitrogens with one attached hydrogen (secondary N) is 1. The fourth-order valence-electron chi connectivity index (χ4n) is 2.96. The molecule has 0 fully saturated rings. The van der Waals surface area contributed by atoms with Crippen molar-refractivity contribution >= 4 is 50.7 Å². The summed E-state index contributed by atoms with van der Waals surface area (Å²) >= 11 is 2.86. The second-order valence-corrected chi connectivity index (χ2v) is 8.15. The Morgan fingerprint density at radius 1 is 1.21 bits per heavy atom. The van der Waals surface area contributed by atoms with Gasteiger partial charge in [0.25, 0.3) is 5.69 Å². The molecular formula is C20H16N4O3S2. The summed E-state index contributed by atoms with van der Waals surface area (Å²) in [5.74, 6) is 0.183. The van der Waals surface area contributed by atoms with E-state index >= 15 is 0 Å². The number of hydrogen-bond acceptors (Lipinski definition) is 6. The van der Waals surface area contributed by atoms with Crippen molar-refractivity contribution in [2.24, 2.45) is 0 Å². The predicted molar refractivity (Wildman–Crippen MR) is 116 cm³/mol. The van der Waals surface area contributed by atoms with Gasteiger partial charge in [0.05, 0.1) is 10.7 Å². The van der Waals surface area contributed by atoms with Gasteiger partial charge in [-0.3, -0.25) is 14.9 Å². The number of fused-ring (bicyclic) bond motifs is 1. The number of anilines is 1. The van der Waals surface area contributed by atoms with Crippen LogP contribution in [0.3, 0.4) is 0 Å². The average molecular weight is 425 g/mol. The van der Waals surface area contributed by atoms with Gasteiger partial charge in [0.2, 0.25) is 5.91 Å². The van der Waals surface area contributed by atoms with Crippen molar-refractivity contribution in [2.75, 3.05) is 11.1 Å². The summed E-state index contributed by atoms with van der Waals surface area (Å²) in [6, 6.07) is 14.6. The van der Waals surface area contributed by atoms with Crippen molar-refractivity contribution in [3.63, 3.8) is 0 Å². The van der Waals surface area contributed by atoms with E-state index in [9.17, 15) is 14.9 Å². The number of nitro groups is 1. The zero-order chi connectivity index (χ0) is 20.2. The Morgan fingerprint density at radius 2 is 2.00 bits per heavy atom. The molecular weight excluding hydrogens is 408 g/mol. The fourth-order valence-corrected chi connectivity index (χ4v) is 4.40. The summed E-state index contributed by atoms with van der Waals surface area (Å²) < 4.78 is 2.09. The van der Waals surface area contributed by atoms with E-state index in [1.54, 1.807) is 18.3 Å². The Kier molecular flexibility index (Phi) is 5.59. The van der Waals surface area contributed by atoms with Crippen LogP contribution in [-0.2, 0) is 11.3 Å². The summed E-state index contributed by atoms with van der Waals surface area (Å²) in [4.78, 5) is 27.7. The molecule has 7 nitrogen and oxygen atoms in total. The van der Waals surface area contributed by atoms with E-state index in [4.69, 9.17) is 0 Å². The van der Waals surface area contributed by atoms with Gasteiger partial charge in [0.15, 0.2) is 5.13 Å². The molecule has 146 valence electrons. The molecule has 29 heavy (non-hydrogen) atoms. The van der Waals surface area contributed by atoms with E-state index in [0.717, 1.165) is 21.4 Å². The number of para-hydroxylation sites is 1. The molecule has 4 rings (SSSR count). The molecule has 1 N–H and O–H groups in total. The Bertz CT molecular complexity index is 1150. The highest BCUT2D eigenvalue weighted by Gasteiger charge is 2.12. The molecule has 0 saturated heterocycles. The molecule has 0 spiro atoms. The highest BCUT2D eigenvalue weighted by Crippen LogP contribution is 2.31. The highest BCUT2D eigenvalue weighted by molar-refractivity contribution is 8.00. The molecule has 0 radical (unpaired) electrons. The van der Waals surface area contributed by atoms with Crippen LogP contribution in [-0.4, -0.2) is 26.1 Å². The molecule has 0 aliphatic carbocycles. The van der Waals surface area contributed by atoms with E-state index < -0.39 is 4.92 Å². The van der Waals surface area contributed by atoms with Gasteiger partial charge in [-0.25, -0.2) is 4.98 Å². The normalized spacial score (nSPS) is 10.9. The quantitative estimate of drug-likeness (QED) is 0.262. The highest BCUT2D eigenvalue weighted by atomic mass is 32.2. The number of thiazole rings is 1. The van der Waals surface area contributed by atoms with Gasteiger partial charge in [-0.1, -0.05) is 30.3 Å². The Labute approximate surface area is 174 Å². The van der Waals surface area contributed by atoms with Gasteiger partial charge in [-0.2, -0.15) is 0 Å². The summed E-state index contributed by atoms with van der Waals surface area (Å²) in [5.41, 5.74) is 2.09. The molecule has 0 bridgehead atoms. The van der Waals surface area contributed by atoms with E-state index in [1.807, 2.05) is 35.8 Å². The van der Waals surface area contributed by atoms with Gasteiger partial charge in [0.1, 0.15) is 0 Å². The molecule has 1 amide bonds. The number of nitrogens with zero attached hydrogens (tertiary/aromatic N) is 3. The van der Waals surface area contributed by atoms with Crippen LogP contribution in [0.1, 0.15) is 5.56 Å². The lowest BCUT2D eigenvalue weighted by molar-refractivity contribution is -0.384. The van der Waals surface area contributed by atoms with Gasteiger partial charge < -0.3 is 9.88 Å². The first-order valence-corrected chi connectivity index (χ1v) is 10.6. The standard InChI is InChI=1S/C20H16N4O3S2/c25-19(22-20-21-9-10-28-20)13-29-18-12-23(17-4-2-1-3-16(17)18)11-14-5-7-15(8-6-14)24(26)27/h1-10,12H,11,13H2,(H,21,22,25). The lowest BCUT2D eigenvalue weighted by Crippen LogP contribution is -2.13. The third-order valence-electron chi connectivity index (χ3n) is 4.29. The molecule has 0 aliphatic heterocycles. The first-order chi connectivity index (χ1) is 14.1. The van der Waals surface area contributed by atoms with Crippen molar-refractivity contribution in [1.29, 1.82) is 0 Å². The Balaban J connectivity index is 1.51. The number of benzene rings is 2. The zero-order valence-electron chi connectivity index (χ0n) is 15.1. The van der Waals surface area contributed by atoms with Crippen LogP contribution in [0.2, 0.25) is 0 Å². The maximum absolute atomic E-state index is 12.2. The molecule has 2 heterocycles. The fraction of sp³-hybridized carbons (Fsp3) is 0.100. The predicted octanol–water partition coefficient (Wildman–Crippen LogP) is 4.79. The Morgan fingerprint density at radius 3 is 2.72 bits per heavy atom. The number of carbonyl (C=O) groups excluding carboxylic acids is 1. The SMILES string of the molecule is O=C(CSc1cn(Cc2ccc([N+](=O)[O-])cc2)c2ccccc12)Nc1nccs1. The maximum Gasteiger partial charge on any atom is 0.269 e. The van der Waals surface area contributed by atoms with Crippen molar-refractivity contribution in [2.45, 2.75) is 11.4 Å². The number of rotatable bonds is 7. The van der Waals surface area contributed by atoms with E-state index in [0.29, 0.717) is 11.7 Å². The Hall–Kier alpha value is -3.17. The van der Waals surface area contributed by atoms with E-state index in [1.165, 1.54) is 35.2 Å². The van der Waals surface area contributed by atoms with Crippen LogP contribution in [0.4, 0.5) is 10.8 Å². The molecule has 0 unspecified atom stereocenters. The number of nitro benzene ring substituents is 1. The van der Waals surface area contributed by atoms with Gasteiger partial charge >= 0.3 is 0 Å². The van der Waals surface area contributed by atoms with Crippen LogP contribution in [0, 0.1) is 10.1 Å². The summed E-state index contributed by atoms with van der Waals surface area (Å²) in [5, 5.41) is 17.1. The largest absolute Gasteiger partial charge is 0.342 e. The number of amides is 1. The number of hydrogen-bond donors (Lipinski definition) is 1. The van der Waals surface area contributed by atoms with Crippen LogP contribution in [0.15, 0.2) is 71.2 Å². The molecule has 9 heteroatoms. The molecule has 2 aromatic heterocycles. The number of aromatic nitrogens is 2. The summed E-state index contributed by atoms with van der Waals surface area (Å²) in [7, 11) is 0. The monoisotopic (exact) mass is 424 g/mol. The minimum atomic E-state index is -0.402. The van der Waals surface area contributed by atoms with Gasteiger partial charge in [0, 0.05) is 52.2 Å². The third kappa shape index (κ3) is 4.47. The van der Waals surface area contributed by atoms with E-state index in [-0.39, 0.29) is 17.3 Å². The zero-order valence-corrected chi connectivity index (χ0v) is 16.8. The topological polar surface area (TPSA) is 90.1 Å². The first-order valence-electron chi connectivity index (χ1n) is 8.73. The number of thioether (sulfide) groups is 1. The van der Waals surface area contributed by atoms with Crippen molar-refractivity contribution < 1.29 is 9.72 Å². The molecule has 2 aromatic carbocycles. The van der Waals surface area contributed by atoms with Crippen LogP contribution < -0.4 is 5.32 Å². The van der Waals surface area contributed by atoms with Crippen molar-refractivity contribution in [3.05, 3.63) is 82.0 Å². The third-order valence-corrected chi connectivity index (χ3v) is 6.02. The van der Waals surface area contributed by atoms with Gasteiger partial charge in [-0.15, -0.1) is 23.1 Å². The lowest BCUT2D eigenvalue weighted by Gasteiger charge is -2.05. The minimum absolute atomic E-state index is 0.0774. The second-order valence-electron chi connectivity index (χ2n) is 6.24. The van der Waals surface area contributed by atoms with Gasteiger partial charge in [-0.05, 0) is 11.6 Å². The number of carbonyl (C=O) groups is 1. The summed E-state index contributed by atoms with van der Waals surface area (Å²) in [6.45, 7) is 0.588. The number of non-ortho nitro benzene ring substituents is 1. The van der Waals surface area contributed by atoms with Crippen LogP contribution in [0.5, 0.6) is 0 Å². The molecule has 4 aromatic rings. The second kappa shape index (κ2) is 8.46.